The molecular weight excluding hydrogens is 222 g/mol. The molecule has 17 heavy (non-hydrogen) atoms. The Bertz CT molecular complexity index is 272. The van der Waals surface area contributed by atoms with Crippen LogP contribution < -0.4 is 5.32 Å². The number of hydrogen-bond donors (Lipinski definition) is 2. The second-order valence-electron chi connectivity index (χ2n) is 4.87. The molecule has 0 radical (unpaired) electrons. The van der Waals surface area contributed by atoms with Gasteiger partial charge in [-0.05, 0) is 31.6 Å². The number of ether oxygens (including phenoxy) is 1. The van der Waals surface area contributed by atoms with E-state index in [9.17, 15) is 9.59 Å². The van der Waals surface area contributed by atoms with Crippen molar-refractivity contribution in [2.45, 2.75) is 58.1 Å². The Morgan fingerprint density at radius 3 is 2.29 bits per heavy atom. The minimum atomic E-state index is -1.03. The first-order chi connectivity index (χ1) is 8.00. The van der Waals surface area contributed by atoms with Gasteiger partial charge in [0.25, 0.3) is 0 Å². The van der Waals surface area contributed by atoms with E-state index in [2.05, 4.69) is 5.32 Å². The fraction of sp³-hybridized carbons (Fsp3) is 0.833. The lowest BCUT2D eigenvalue weighted by Crippen LogP contribution is -2.45. The van der Waals surface area contributed by atoms with Crippen LogP contribution in [0.5, 0.6) is 0 Å². The maximum atomic E-state index is 11.5. The van der Waals surface area contributed by atoms with Crippen LogP contribution in [-0.4, -0.2) is 29.3 Å². The molecule has 0 saturated heterocycles. The average Bonchev–Trinajstić information content (AvgIpc) is 2.26. The van der Waals surface area contributed by atoms with Crippen LogP contribution in [0.25, 0.3) is 0 Å². The molecule has 1 amide bonds. The van der Waals surface area contributed by atoms with Crippen LogP contribution in [0.3, 0.4) is 0 Å². The van der Waals surface area contributed by atoms with Crippen molar-refractivity contribution >= 4 is 12.1 Å². The van der Waals surface area contributed by atoms with E-state index in [1.54, 1.807) is 13.8 Å². The summed E-state index contributed by atoms with van der Waals surface area (Å²) >= 11 is 0. The highest BCUT2D eigenvalue weighted by molar-refractivity contribution is 5.80. The van der Waals surface area contributed by atoms with Crippen molar-refractivity contribution in [1.82, 2.24) is 5.32 Å². The lowest BCUT2D eigenvalue weighted by Gasteiger charge is -2.24. The van der Waals surface area contributed by atoms with Gasteiger partial charge in [0.15, 0.2) is 0 Å². The summed E-state index contributed by atoms with van der Waals surface area (Å²) in [6.45, 7) is 3.50. The summed E-state index contributed by atoms with van der Waals surface area (Å²) in [5.41, 5.74) is 0. The monoisotopic (exact) mass is 243 g/mol. The SMILES string of the molecule is CC(C)C(NC(=O)OC1CCCCC1)C(=O)O. The van der Waals surface area contributed by atoms with E-state index in [0.717, 1.165) is 25.7 Å². The number of carboxylic acid groups (broad SMARTS) is 1. The van der Waals surface area contributed by atoms with Gasteiger partial charge in [0.1, 0.15) is 12.1 Å². The molecule has 0 aromatic carbocycles. The van der Waals surface area contributed by atoms with Crippen LogP contribution in [-0.2, 0) is 9.53 Å². The van der Waals surface area contributed by atoms with Crippen molar-refractivity contribution in [3.05, 3.63) is 0 Å². The number of hydrogen-bond acceptors (Lipinski definition) is 3. The molecule has 2 N–H and O–H groups in total. The molecule has 1 fully saturated rings. The quantitative estimate of drug-likeness (QED) is 0.793. The Morgan fingerprint density at radius 2 is 1.82 bits per heavy atom. The maximum absolute atomic E-state index is 11.5. The molecule has 1 aliphatic carbocycles. The van der Waals surface area contributed by atoms with Crippen LogP contribution >= 0.6 is 0 Å². The average molecular weight is 243 g/mol. The Balaban J connectivity index is 2.38. The van der Waals surface area contributed by atoms with Crippen LogP contribution in [0.4, 0.5) is 4.79 Å². The zero-order valence-corrected chi connectivity index (χ0v) is 10.4. The minimum absolute atomic E-state index is 0.0506. The van der Waals surface area contributed by atoms with Gasteiger partial charge in [-0.15, -0.1) is 0 Å². The van der Waals surface area contributed by atoms with Gasteiger partial charge in [-0.25, -0.2) is 9.59 Å². The molecule has 1 rings (SSSR count). The Kier molecular flexibility index (Phi) is 5.25. The van der Waals surface area contributed by atoms with Gasteiger partial charge in [-0.1, -0.05) is 20.3 Å². The van der Waals surface area contributed by atoms with E-state index in [1.165, 1.54) is 6.42 Å². The Labute approximate surface area is 102 Å². The van der Waals surface area contributed by atoms with Crippen molar-refractivity contribution in [3.8, 4) is 0 Å². The van der Waals surface area contributed by atoms with Gasteiger partial charge in [0.2, 0.25) is 0 Å². The second-order valence-corrected chi connectivity index (χ2v) is 4.87. The number of alkyl carbamates (subject to hydrolysis) is 1. The molecule has 1 aliphatic rings. The molecule has 0 aromatic rings. The van der Waals surface area contributed by atoms with Gasteiger partial charge in [0, 0.05) is 0 Å². The Hall–Kier alpha value is -1.26. The van der Waals surface area contributed by atoms with Crippen molar-refractivity contribution < 1.29 is 19.4 Å². The largest absolute Gasteiger partial charge is 0.480 e. The van der Waals surface area contributed by atoms with E-state index in [1.807, 2.05) is 0 Å². The van der Waals surface area contributed by atoms with E-state index >= 15 is 0 Å². The molecule has 0 bridgehead atoms. The topological polar surface area (TPSA) is 75.6 Å². The third-order valence-corrected chi connectivity index (χ3v) is 3.03. The Morgan fingerprint density at radius 1 is 1.24 bits per heavy atom. The molecule has 5 nitrogen and oxygen atoms in total. The van der Waals surface area contributed by atoms with Crippen molar-refractivity contribution in [3.63, 3.8) is 0 Å². The summed E-state index contributed by atoms with van der Waals surface area (Å²) in [4.78, 5) is 22.4. The fourth-order valence-corrected chi connectivity index (χ4v) is 2.01. The lowest BCUT2D eigenvalue weighted by molar-refractivity contribution is -0.140. The molecule has 5 heteroatoms. The van der Waals surface area contributed by atoms with Gasteiger partial charge in [-0.3, -0.25) is 0 Å². The van der Waals surface area contributed by atoms with Crippen molar-refractivity contribution in [2.75, 3.05) is 0 Å². The molecule has 0 spiro atoms. The number of rotatable bonds is 4. The molecule has 0 aromatic heterocycles. The number of nitrogens with one attached hydrogen (secondary N) is 1. The lowest BCUT2D eigenvalue weighted by atomic mass is 9.98. The van der Waals surface area contributed by atoms with Crippen LogP contribution in [0, 0.1) is 5.92 Å². The van der Waals surface area contributed by atoms with E-state index in [4.69, 9.17) is 9.84 Å². The number of carbonyl (C=O) groups excluding carboxylic acids is 1. The van der Waals surface area contributed by atoms with Crippen LogP contribution in [0.2, 0.25) is 0 Å². The number of carbonyl (C=O) groups is 2. The predicted molar refractivity (Wildman–Crippen MR) is 62.8 cm³/mol. The number of carboxylic acids is 1. The molecule has 0 aliphatic heterocycles. The number of amides is 1. The number of aliphatic carboxylic acids is 1. The molecule has 1 saturated carbocycles. The first-order valence-corrected chi connectivity index (χ1v) is 6.20. The summed E-state index contributed by atoms with van der Waals surface area (Å²) in [6.07, 6.45) is 4.43. The first kappa shape index (κ1) is 13.8. The predicted octanol–water partition coefficient (Wildman–Crippen LogP) is 2.15. The molecule has 98 valence electrons. The normalized spacial score (nSPS) is 18.8. The van der Waals surface area contributed by atoms with Crippen molar-refractivity contribution in [2.24, 2.45) is 5.92 Å². The molecule has 1 unspecified atom stereocenters. The summed E-state index contributed by atoms with van der Waals surface area (Å²) in [6, 6.07) is -0.883. The van der Waals surface area contributed by atoms with Gasteiger partial charge < -0.3 is 15.2 Å². The second kappa shape index (κ2) is 6.47. The highest BCUT2D eigenvalue weighted by atomic mass is 16.6. The highest BCUT2D eigenvalue weighted by Crippen LogP contribution is 2.20. The first-order valence-electron chi connectivity index (χ1n) is 6.20. The summed E-state index contributed by atoms with van der Waals surface area (Å²) in [5.74, 6) is -1.19. The van der Waals surface area contributed by atoms with E-state index < -0.39 is 18.1 Å². The van der Waals surface area contributed by atoms with Gasteiger partial charge >= 0.3 is 12.1 Å². The summed E-state index contributed by atoms with van der Waals surface area (Å²) in [7, 11) is 0. The van der Waals surface area contributed by atoms with E-state index in [-0.39, 0.29) is 12.0 Å². The smallest absolute Gasteiger partial charge is 0.408 e. The highest BCUT2D eigenvalue weighted by Gasteiger charge is 2.25. The van der Waals surface area contributed by atoms with Gasteiger partial charge in [-0.2, -0.15) is 0 Å². The third kappa shape index (κ3) is 4.63. The molecule has 1 atom stereocenters. The zero-order valence-electron chi connectivity index (χ0n) is 10.4. The molecular formula is C12H21NO4. The summed E-state index contributed by atoms with van der Waals surface area (Å²) in [5, 5.41) is 11.3. The zero-order chi connectivity index (χ0) is 12.8. The minimum Gasteiger partial charge on any atom is -0.480 e. The third-order valence-electron chi connectivity index (χ3n) is 3.03. The van der Waals surface area contributed by atoms with Crippen molar-refractivity contribution in [1.29, 1.82) is 0 Å². The van der Waals surface area contributed by atoms with Crippen LogP contribution in [0.1, 0.15) is 46.0 Å². The van der Waals surface area contributed by atoms with Gasteiger partial charge in [0.05, 0.1) is 0 Å². The molecule has 0 heterocycles. The maximum Gasteiger partial charge on any atom is 0.408 e. The summed E-state index contributed by atoms with van der Waals surface area (Å²) < 4.78 is 5.21. The van der Waals surface area contributed by atoms with Crippen LogP contribution in [0.15, 0.2) is 0 Å². The standard InChI is InChI=1S/C12H21NO4/c1-8(2)10(11(14)15)13-12(16)17-9-6-4-3-5-7-9/h8-10H,3-7H2,1-2H3,(H,13,16)(H,14,15). The fourth-order valence-electron chi connectivity index (χ4n) is 2.01. The van der Waals surface area contributed by atoms with E-state index in [0.29, 0.717) is 0 Å².